The molecule has 2 bridgehead atoms. The summed E-state index contributed by atoms with van der Waals surface area (Å²) >= 11 is 0. The lowest BCUT2D eigenvalue weighted by Crippen LogP contribution is -2.69. The lowest BCUT2D eigenvalue weighted by Gasteiger charge is -2.49. The number of nitrogens with one attached hydrogen (secondary N) is 2. The van der Waals surface area contributed by atoms with Crippen molar-refractivity contribution < 1.29 is 9.59 Å². The second kappa shape index (κ2) is 4.47. The normalized spacial score (nSPS) is 40.0. The van der Waals surface area contributed by atoms with E-state index in [4.69, 9.17) is 0 Å². The van der Waals surface area contributed by atoms with E-state index in [-0.39, 0.29) is 17.2 Å². The molecule has 2 N–H and O–H groups in total. The Morgan fingerprint density at radius 1 is 1.30 bits per heavy atom. The predicted molar refractivity (Wildman–Crippen MR) is 76.9 cm³/mol. The van der Waals surface area contributed by atoms with Gasteiger partial charge in [0.15, 0.2) is 0 Å². The van der Waals surface area contributed by atoms with Crippen LogP contribution in [0.1, 0.15) is 59.3 Å². The number of hydrogen-bond donors (Lipinski definition) is 2. The van der Waals surface area contributed by atoms with Crippen molar-refractivity contribution in [3.05, 3.63) is 0 Å². The molecule has 0 atom stereocenters. The maximum Gasteiger partial charge on any atom is 0.245 e. The Bertz CT molecular complexity index is 430. The van der Waals surface area contributed by atoms with Crippen LogP contribution in [-0.4, -0.2) is 23.4 Å². The number of fused-ring (bicyclic) bond motifs is 3. The summed E-state index contributed by atoms with van der Waals surface area (Å²) < 4.78 is 0. The van der Waals surface area contributed by atoms with E-state index in [0.29, 0.717) is 12.0 Å². The van der Waals surface area contributed by atoms with E-state index in [1.54, 1.807) is 0 Å². The second-order valence-corrected chi connectivity index (χ2v) is 7.78. The Hall–Kier alpha value is -1.06. The highest BCUT2D eigenvalue weighted by molar-refractivity contribution is 5.94. The van der Waals surface area contributed by atoms with E-state index >= 15 is 0 Å². The van der Waals surface area contributed by atoms with Crippen LogP contribution < -0.4 is 10.6 Å². The molecule has 2 amide bonds. The molecule has 2 aliphatic carbocycles. The number of hydrogen-bond acceptors (Lipinski definition) is 2. The Morgan fingerprint density at radius 3 is 2.40 bits per heavy atom. The molecule has 4 nitrogen and oxygen atoms in total. The molecule has 4 aliphatic rings. The van der Waals surface area contributed by atoms with Crippen LogP contribution in [0.25, 0.3) is 0 Å². The highest BCUT2D eigenvalue weighted by atomic mass is 16.2. The Balaban J connectivity index is 1.70. The third kappa shape index (κ3) is 2.04. The zero-order valence-electron chi connectivity index (χ0n) is 12.8. The molecule has 0 aromatic rings. The fourth-order valence-electron chi connectivity index (χ4n) is 4.04. The molecule has 4 heteroatoms. The summed E-state index contributed by atoms with van der Waals surface area (Å²) in [7, 11) is 0. The predicted octanol–water partition coefficient (Wildman–Crippen LogP) is 1.99. The molecule has 112 valence electrons. The third-order valence-electron chi connectivity index (χ3n) is 5.94. The first kappa shape index (κ1) is 13.9. The molecule has 0 unspecified atom stereocenters. The highest BCUT2D eigenvalue weighted by Gasteiger charge is 2.51. The average molecular weight is 278 g/mol. The first-order valence-corrected chi connectivity index (χ1v) is 7.97. The van der Waals surface area contributed by atoms with Crippen molar-refractivity contribution in [2.24, 2.45) is 17.3 Å². The molecule has 0 aromatic carbocycles. The zero-order valence-corrected chi connectivity index (χ0v) is 12.8. The zero-order chi connectivity index (χ0) is 14.5. The third-order valence-corrected chi connectivity index (χ3v) is 5.94. The van der Waals surface area contributed by atoms with E-state index in [0.717, 1.165) is 44.4 Å². The Kier molecular flexibility index (Phi) is 3.11. The van der Waals surface area contributed by atoms with Gasteiger partial charge in [-0.25, -0.2) is 0 Å². The summed E-state index contributed by atoms with van der Waals surface area (Å²) in [6.45, 7) is 6.29. The van der Waals surface area contributed by atoms with Crippen LogP contribution in [0, 0.1) is 17.3 Å². The molecule has 0 radical (unpaired) electrons. The molecule has 2 saturated heterocycles. The first-order chi connectivity index (χ1) is 9.33. The summed E-state index contributed by atoms with van der Waals surface area (Å²) in [5.74, 6) is 1.28. The van der Waals surface area contributed by atoms with Gasteiger partial charge in [0.2, 0.25) is 11.8 Å². The van der Waals surface area contributed by atoms with Crippen LogP contribution in [0.5, 0.6) is 0 Å². The molecule has 0 aromatic heterocycles. The molecule has 2 aliphatic heterocycles. The van der Waals surface area contributed by atoms with Gasteiger partial charge in [0.1, 0.15) is 5.54 Å². The van der Waals surface area contributed by atoms with Crippen molar-refractivity contribution in [2.45, 2.75) is 70.9 Å². The summed E-state index contributed by atoms with van der Waals surface area (Å²) in [6, 6.07) is 0.335. The van der Waals surface area contributed by atoms with Gasteiger partial charge in [0, 0.05) is 11.5 Å². The molecule has 2 saturated carbocycles. The van der Waals surface area contributed by atoms with Gasteiger partial charge < -0.3 is 10.6 Å². The van der Waals surface area contributed by atoms with Crippen molar-refractivity contribution in [3.63, 3.8) is 0 Å². The first-order valence-electron chi connectivity index (χ1n) is 7.97. The summed E-state index contributed by atoms with van der Waals surface area (Å²) in [5.41, 5.74) is -0.992. The Morgan fingerprint density at radius 2 is 1.90 bits per heavy atom. The van der Waals surface area contributed by atoms with Gasteiger partial charge in [-0.3, -0.25) is 9.59 Å². The fourth-order valence-corrected chi connectivity index (χ4v) is 4.04. The highest BCUT2D eigenvalue weighted by Crippen LogP contribution is 2.46. The number of rotatable bonds is 3. The number of carbonyl (C=O) groups is 2. The molecule has 4 fully saturated rings. The van der Waals surface area contributed by atoms with Gasteiger partial charge in [-0.1, -0.05) is 20.8 Å². The van der Waals surface area contributed by atoms with Crippen molar-refractivity contribution >= 4 is 11.8 Å². The SMILES string of the molecule is CC1CC(C(C)(C)C(=O)NC23CCC(CC2)NC3=O)C1. The fraction of sp³-hybridized carbons (Fsp3) is 0.875. The van der Waals surface area contributed by atoms with Gasteiger partial charge >= 0.3 is 0 Å². The van der Waals surface area contributed by atoms with Gasteiger partial charge in [0.25, 0.3) is 0 Å². The lowest BCUT2D eigenvalue weighted by molar-refractivity contribution is -0.146. The number of piperidine rings is 2. The van der Waals surface area contributed by atoms with E-state index < -0.39 is 5.54 Å². The van der Waals surface area contributed by atoms with Crippen LogP contribution in [0.2, 0.25) is 0 Å². The van der Waals surface area contributed by atoms with Gasteiger partial charge in [-0.2, -0.15) is 0 Å². The van der Waals surface area contributed by atoms with E-state index in [2.05, 4.69) is 17.6 Å². The number of carbonyl (C=O) groups excluding carboxylic acids is 2. The smallest absolute Gasteiger partial charge is 0.245 e. The van der Waals surface area contributed by atoms with Crippen LogP contribution in [-0.2, 0) is 9.59 Å². The van der Waals surface area contributed by atoms with Crippen molar-refractivity contribution in [3.8, 4) is 0 Å². The maximum atomic E-state index is 12.7. The van der Waals surface area contributed by atoms with Crippen LogP contribution in [0.4, 0.5) is 0 Å². The monoisotopic (exact) mass is 278 g/mol. The largest absolute Gasteiger partial charge is 0.351 e. The standard InChI is InChI=1S/C16H26N2O2/c1-10-8-11(9-10)15(2,3)13(19)18-16-6-4-12(5-7-16)17-14(16)20/h10-12H,4-9H2,1-3H3,(H,17,20)(H,18,19). The summed E-state index contributed by atoms with van der Waals surface area (Å²) in [5, 5.41) is 6.15. The molecular formula is C16H26N2O2. The molecular weight excluding hydrogens is 252 g/mol. The van der Waals surface area contributed by atoms with Crippen molar-refractivity contribution in [1.82, 2.24) is 10.6 Å². The van der Waals surface area contributed by atoms with Crippen molar-refractivity contribution in [1.29, 1.82) is 0 Å². The maximum absolute atomic E-state index is 12.7. The summed E-state index contributed by atoms with van der Waals surface area (Å²) in [6.07, 6.45) is 5.84. The van der Waals surface area contributed by atoms with Crippen LogP contribution in [0.15, 0.2) is 0 Å². The number of amides is 2. The molecule has 2 heterocycles. The lowest BCUT2D eigenvalue weighted by atomic mass is 9.62. The topological polar surface area (TPSA) is 58.2 Å². The molecule has 0 spiro atoms. The van der Waals surface area contributed by atoms with Gasteiger partial charge in [-0.05, 0) is 50.4 Å². The average Bonchev–Trinajstić information content (AvgIpc) is 2.36. The minimum Gasteiger partial charge on any atom is -0.351 e. The molecule has 20 heavy (non-hydrogen) atoms. The molecule has 4 rings (SSSR count). The van der Waals surface area contributed by atoms with E-state index in [9.17, 15) is 9.59 Å². The summed E-state index contributed by atoms with van der Waals surface area (Å²) in [4.78, 5) is 24.9. The minimum atomic E-state index is -0.627. The quantitative estimate of drug-likeness (QED) is 0.829. The van der Waals surface area contributed by atoms with Crippen LogP contribution >= 0.6 is 0 Å². The Labute approximate surface area is 121 Å². The van der Waals surface area contributed by atoms with Gasteiger partial charge in [-0.15, -0.1) is 0 Å². The van der Waals surface area contributed by atoms with Gasteiger partial charge in [0.05, 0.1) is 0 Å². The minimum absolute atomic E-state index is 0.0335. The van der Waals surface area contributed by atoms with Crippen LogP contribution in [0.3, 0.4) is 0 Å². The second-order valence-electron chi connectivity index (χ2n) is 7.78. The van der Waals surface area contributed by atoms with E-state index in [1.165, 1.54) is 0 Å². The van der Waals surface area contributed by atoms with E-state index in [1.807, 2.05) is 13.8 Å². The van der Waals surface area contributed by atoms with Crippen molar-refractivity contribution in [2.75, 3.05) is 0 Å².